The highest BCUT2D eigenvalue weighted by Gasteiger charge is 2.34. The number of hydrogen-bond donors (Lipinski definition) is 3. The third kappa shape index (κ3) is 7.74. The molecule has 0 saturated carbocycles. The van der Waals surface area contributed by atoms with Gasteiger partial charge in [0.15, 0.2) is 0 Å². The smallest absolute Gasteiger partial charge is 0.408 e. The Morgan fingerprint density at radius 2 is 1.78 bits per heavy atom. The number of carbonyl (C=O) groups is 4. The van der Waals surface area contributed by atoms with Crippen molar-refractivity contribution < 1.29 is 28.7 Å². The van der Waals surface area contributed by atoms with Gasteiger partial charge < -0.3 is 25.0 Å². The second-order valence-corrected chi connectivity index (χ2v) is 8.68. The molecule has 1 aromatic carbocycles. The standard InChI is InChI=1S/C22H33N3O6S/c1-13-9-8-10-15(14(13)2)18(19(27)23-11-17(26)30-7)25(6)20(28)16(12-32)24-21(29)31-22(3,4)5/h8-10,16,18,32H,11-12H2,1-7H3,(H,23,27)(H,24,29). The summed E-state index contributed by atoms with van der Waals surface area (Å²) in [6, 6.07) is 3.34. The highest BCUT2D eigenvalue weighted by Crippen LogP contribution is 2.26. The number of rotatable bonds is 8. The maximum atomic E-state index is 13.2. The molecule has 0 aliphatic carbocycles. The Bertz CT molecular complexity index is 853. The number of hydrogen-bond acceptors (Lipinski definition) is 7. The van der Waals surface area contributed by atoms with Crippen molar-refractivity contribution in [3.8, 4) is 0 Å². The zero-order chi connectivity index (χ0) is 24.6. The number of amides is 3. The Kier molecular flexibility index (Phi) is 10.0. The molecule has 2 N–H and O–H groups in total. The highest BCUT2D eigenvalue weighted by atomic mass is 32.1. The maximum Gasteiger partial charge on any atom is 0.408 e. The van der Waals surface area contributed by atoms with Gasteiger partial charge in [0.2, 0.25) is 11.8 Å². The van der Waals surface area contributed by atoms with E-state index in [0.717, 1.165) is 11.1 Å². The molecule has 0 spiro atoms. The van der Waals surface area contributed by atoms with Gasteiger partial charge in [-0.3, -0.25) is 14.4 Å². The van der Waals surface area contributed by atoms with E-state index in [1.165, 1.54) is 19.1 Å². The van der Waals surface area contributed by atoms with Crippen LogP contribution in [0, 0.1) is 13.8 Å². The second-order valence-electron chi connectivity index (χ2n) is 8.32. The summed E-state index contributed by atoms with van der Waals surface area (Å²) in [6.45, 7) is 8.52. The molecule has 178 valence electrons. The number of likely N-dealkylation sites (N-methyl/N-ethyl adjacent to an activating group) is 1. The maximum absolute atomic E-state index is 13.2. The summed E-state index contributed by atoms with van der Waals surface area (Å²) in [5.41, 5.74) is 1.62. The first-order valence-corrected chi connectivity index (χ1v) is 10.7. The van der Waals surface area contributed by atoms with Crippen LogP contribution in [0.5, 0.6) is 0 Å². The average Bonchev–Trinajstić information content (AvgIpc) is 2.71. The lowest BCUT2D eigenvalue weighted by Gasteiger charge is -2.32. The fourth-order valence-corrected chi connectivity index (χ4v) is 3.18. The van der Waals surface area contributed by atoms with Crippen molar-refractivity contribution in [3.63, 3.8) is 0 Å². The Balaban J connectivity index is 3.22. The normalized spacial score (nSPS) is 12.9. The van der Waals surface area contributed by atoms with Crippen molar-refractivity contribution in [2.45, 2.75) is 52.3 Å². The SMILES string of the molecule is COC(=O)CNC(=O)C(c1cccc(C)c1C)N(C)C(=O)C(CS)NC(=O)OC(C)(C)C. The van der Waals surface area contributed by atoms with Crippen molar-refractivity contribution in [1.29, 1.82) is 0 Å². The molecule has 0 fully saturated rings. The van der Waals surface area contributed by atoms with Gasteiger partial charge in [-0.15, -0.1) is 0 Å². The average molecular weight is 468 g/mol. The topological polar surface area (TPSA) is 114 Å². The Morgan fingerprint density at radius 3 is 2.31 bits per heavy atom. The molecule has 1 aromatic rings. The van der Waals surface area contributed by atoms with Crippen LogP contribution in [0.15, 0.2) is 18.2 Å². The van der Waals surface area contributed by atoms with Crippen LogP contribution >= 0.6 is 12.6 Å². The predicted octanol–water partition coefficient (Wildman–Crippen LogP) is 1.92. The van der Waals surface area contributed by atoms with Gasteiger partial charge >= 0.3 is 12.1 Å². The van der Waals surface area contributed by atoms with Crippen LogP contribution in [-0.4, -0.2) is 66.9 Å². The van der Waals surface area contributed by atoms with Gasteiger partial charge in [-0.2, -0.15) is 12.6 Å². The van der Waals surface area contributed by atoms with Gasteiger partial charge in [0.25, 0.3) is 0 Å². The monoisotopic (exact) mass is 467 g/mol. The molecule has 0 aliphatic rings. The van der Waals surface area contributed by atoms with E-state index < -0.39 is 41.6 Å². The van der Waals surface area contributed by atoms with Crippen LogP contribution in [0.25, 0.3) is 0 Å². The molecule has 3 amide bonds. The molecule has 0 heterocycles. The van der Waals surface area contributed by atoms with Gasteiger partial charge in [0.05, 0.1) is 7.11 Å². The van der Waals surface area contributed by atoms with Crippen LogP contribution in [0.2, 0.25) is 0 Å². The first kappa shape index (κ1) is 27.3. The molecule has 0 saturated heterocycles. The number of thiol groups is 1. The van der Waals surface area contributed by atoms with Crippen LogP contribution in [-0.2, 0) is 23.9 Å². The molecule has 2 unspecified atom stereocenters. The molecule has 0 radical (unpaired) electrons. The van der Waals surface area contributed by atoms with E-state index in [9.17, 15) is 19.2 Å². The largest absolute Gasteiger partial charge is 0.468 e. The summed E-state index contributed by atoms with van der Waals surface area (Å²) in [6.07, 6.45) is -0.767. The van der Waals surface area contributed by atoms with Gasteiger partial charge in [-0.05, 0) is 51.3 Å². The van der Waals surface area contributed by atoms with E-state index in [2.05, 4.69) is 28.0 Å². The minimum absolute atomic E-state index is 0.00822. The molecule has 0 bridgehead atoms. The number of nitrogens with zero attached hydrogens (tertiary/aromatic N) is 1. The number of alkyl carbamates (subject to hydrolysis) is 1. The number of carbonyl (C=O) groups excluding carboxylic acids is 4. The number of methoxy groups -OCH3 is 1. The molecule has 1 rings (SSSR count). The van der Waals surface area contributed by atoms with Crippen LogP contribution < -0.4 is 10.6 Å². The van der Waals surface area contributed by atoms with Gasteiger partial charge in [0, 0.05) is 12.8 Å². The third-order valence-electron chi connectivity index (χ3n) is 4.73. The predicted molar refractivity (Wildman–Crippen MR) is 123 cm³/mol. The lowest BCUT2D eigenvalue weighted by molar-refractivity contribution is -0.143. The third-order valence-corrected chi connectivity index (χ3v) is 5.10. The van der Waals surface area contributed by atoms with Crippen molar-refractivity contribution in [1.82, 2.24) is 15.5 Å². The Morgan fingerprint density at radius 1 is 1.16 bits per heavy atom. The molecule has 0 aromatic heterocycles. The first-order valence-electron chi connectivity index (χ1n) is 10.1. The minimum Gasteiger partial charge on any atom is -0.468 e. The Hall–Kier alpha value is -2.75. The summed E-state index contributed by atoms with van der Waals surface area (Å²) in [5.74, 6) is -1.72. The number of nitrogens with one attached hydrogen (secondary N) is 2. The van der Waals surface area contributed by atoms with E-state index in [-0.39, 0.29) is 12.3 Å². The van der Waals surface area contributed by atoms with Crippen molar-refractivity contribution in [2.24, 2.45) is 0 Å². The lowest BCUT2D eigenvalue weighted by atomic mass is 9.95. The fraction of sp³-hybridized carbons (Fsp3) is 0.545. The van der Waals surface area contributed by atoms with E-state index in [0.29, 0.717) is 5.56 Å². The molecule has 9 nitrogen and oxygen atoms in total. The molecule has 0 aliphatic heterocycles. The zero-order valence-electron chi connectivity index (χ0n) is 19.6. The van der Waals surface area contributed by atoms with Crippen molar-refractivity contribution in [2.75, 3.05) is 26.5 Å². The molecule has 2 atom stereocenters. The Labute approximate surface area is 194 Å². The van der Waals surface area contributed by atoms with Crippen LogP contribution in [0.3, 0.4) is 0 Å². The van der Waals surface area contributed by atoms with Crippen LogP contribution in [0.1, 0.15) is 43.5 Å². The van der Waals surface area contributed by atoms with Crippen LogP contribution in [0.4, 0.5) is 4.79 Å². The minimum atomic E-state index is -1.05. The molecule has 32 heavy (non-hydrogen) atoms. The van der Waals surface area contributed by atoms with Crippen molar-refractivity contribution in [3.05, 3.63) is 34.9 Å². The number of esters is 1. The fourth-order valence-electron chi connectivity index (χ4n) is 2.93. The summed E-state index contributed by atoms with van der Waals surface area (Å²) in [4.78, 5) is 51.2. The lowest BCUT2D eigenvalue weighted by Crippen LogP contribution is -2.52. The summed E-state index contributed by atoms with van der Waals surface area (Å²) in [7, 11) is 2.67. The number of benzene rings is 1. The van der Waals surface area contributed by atoms with Gasteiger partial charge in [-0.1, -0.05) is 18.2 Å². The number of aryl methyl sites for hydroxylation is 1. The molecular formula is C22H33N3O6S. The summed E-state index contributed by atoms with van der Waals surface area (Å²) < 4.78 is 9.79. The van der Waals surface area contributed by atoms with Gasteiger partial charge in [-0.25, -0.2) is 4.79 Å². The second kappa shape index (κ2) is 11.8. The highest BCUT2D eigenvalue weighted by molar-refractivity contribution is 7.80. The van der Waals surface area contributed by atoms with E-state index >= 15 is 0 Å². The summed E-state index contributed by atoms with van der Waals surface area (Å²) >= 11 is 4.18. The molecular weight excluding hydrogens is 434 g/mol. The summed E-state index contributed by atoms with van der Waals surface area (Å²) in [5, 5.41) is 5.00. The van der Waals surface area contributed by atoms with Crippen molar-refractivity contribution >= 4 is 36.5 Å². The van der Waals surface area contributed by atoms with E-state index in [4.69, 9.17) is 4.74 Å². The molecule has 10 heteroatoms. The zero-order valence-corrected chi connectivity index (χ0v) is 20.5. The number of ether oxygens (including phenoxy) is 2. The van der Waals surface area contributed by atoms with Gasteiger partial charge in [0.1, 0.15) is 24.2 Å². The first-order chi connectivity index (χ1) is 14.8. The van der Waals surface area contributed by atoms with E-state index in [1.54, 1.807) is 32.9 Å². The van der Waals surface area contributed by atoms with E-state index in [1.807, 2.05) is 19.9 Å². The quantitative estimate of drug-likeness (QED) is 0.398.